The van der Waals surface area contributed by atoms with E-state index in [4.69, 9.17) is 11.6 Å². The van der Waals surface area contributed by atoms with E-state index in [0.717, 1.165) is 27.4 Å². The second-order valence-electron chi connectivity index (χ2n) is 3.99. The third-order valence-corrected chi connectivity index (χ3v) is 3.08. The smallest absolute Gasteiger partial charge is 0.131 e. The number of hydrogen-bond acceptors (Lipinski definition) is 1. The second-order valence-corrected chi connectivity index (χ2v) is 4.40. The molecular weight excluding hydrogens is 244 g/mol. The highest BCUT2D eigenvalue weighted by Gasteiger charge is 1.98. The Morgan fingerprint density at radius 3 is 2.56 bits per heavy atom. The molecule has 0 saturated heterocycles. The van der Waals surface area contributed by atoms with Gasteiger partial charge >= 0.3 is 0 Å². The molecule has 0 atom stereocenters. The zero-order chi connectivity index (χ0) is 12.4. The molecule has 0 radical (unpaired) electrons. The summed E-state index contributed by atoms with van der Waals surface area (Å²) in [4.78, 5) is 7.72. The number of imidazole rings is 1. The van der Waals surface area contributed by atoms with E-state index in [0.29, 0.717) is 0 Å². The lowest BCUT2D eigenvalue weighted by molar-refractivity contribution is 1.29. The average molecular weight is 255 g/mol. The molecule has 2 aromatic carbocycles. The molecule has 0 amide bonds. The van der Waals surface area contributed by atoms with Crippen LogP contribution < -0.4 is 0 Å². The maximum Gasteiger partial charge on any atom is 0.131 e. The summed E-state index contributed by atoms with van der Waals surface area (Å²) in [6.45, 7) is 0. The van der Waals surface area contributed by atoms with Crippen molar-refractivity contribution in [3.05, 3.63) is 64.9 Å². The van der Waals surface area contributed by atoms with Crippen LogP contribution in [0.3, 0.4) is 0 Å². The molecule has 0 saturated carbocycles. The predicted molar refractivity (Wildman–Crippen MR) is 76.5 cm³/mol. The van der Waals surface area contributed by atoms with E-state index in [9.17, 15) is 0 Å². The van der Waals surface area contributed by atoms with E-state index in [-0.39, 0.29) is 0 Å². The van der Waals surface area contributed by atoms with Crippen LogP contribution in [0.2, 0.25) is 5.02 Å². The summed E-state index contributed by atoms with van der Waals surface area (Å²) in [6.07, 6.45) is 3.89. The van der Waals surface area contributed by atoms with Crippen LogP contribution in [-0.4, -0.2) is 9.97 Å². The number of aromatic nitrogens is 2. The van der Waals surface area contributed by atoms with Crippen molar-refractivity contribution in [3.8, 4) is 0 Å². The Labute approximate surface area is 110 Å². The molecule has 3 heteroatoms. The second kappa shape index (κ2) is 4.67. The van der Waals surface area contributed by atoms with Crippen LogP contribution in [0.5, 0.6) is 0 Å². The zero-order valence-electron chi connectivity index (χ0n) is 9.60. The number of hydrogen-bond donors (Lipinski definition) is 1. The first-order valence-electron chi connectivity index (χ1n) is 5.70. The van der Waals surface area contributed by atoms with Crippen molar-refractivity contribution >= 4 is 34.8 Å². The maximum absolute atomic E-state index is 6.09. The van der Waals surface area contributed by atoms with Gasteiger partial charge < -0.3 is 4.98 Å². The van der Waals surface area contributed by atoms with Crippen molar-refractivity contribution in [3.63, 3.8) is 0 Å². The van der Waals surface area contributed by atoms with Crippen LogP contribution in [0.25, 0.3) is 23.2 Å². The Morgan fingerprint density at radius 2 is 1.72 bits per heavy atom. The minimum Gasteiger partial charge on any atom is -0.338 e. The van der Waals surface area contributed by atoms with Gasteiger partial charge in [0.15, 0.2) is 0 Å². The fraction of sp³-hybridized carbons (Fsp3) is 0. The van der Waals surface area contributed by atoms with Crippen LogP contribution >= 0.6 is 11.6 Å². The van der Waals surface area contributed by atoms with Gasteiger partial charge in [0, 0.05) is 5.02 Å². The Morgan fingerprint density at radius 1 is 0.944 bits per heavy atom. The van der Waals surface area contributed by atoms with Gasteiger partial charge in [-0.2, -0.15) is 0 Å². The highest BCUT2D eigenvalue weighted by molar-refractivity contribution is 6.32. The lowest BCUT2D eigenvalue weighted by Crippen LogP contribution is -1.76. The number of fused-ring (bicyclic) bond motifs is 1. The SMILES string of the molecule is Clc1ccccc1/C=C/c1nc2ccccc2[nH]1. The quantitative estimate of drug-likeness (QED) is 0.722. The number of aromatic amines is 1. The van der Waals surface area contributed by atoms with Crippen molar-refractivity contribution in [2.24, 2.45) is 0 Å². The molecule has 3 aromatic rings. The summed E-state index contributed by atoms with van der Waals surface area (Å²) in [7, 11) is 0. The third kappa shape index (κ3) is 2.15. The molecule has 0 fully saturated rings. The Kier molecular flexibility index (Phi) is 2.87. The number of para-hydroxylation sites is 2. The molecule has 0 aliphatic rings. The minimum atomic E-state index is 0.741. The molecule has 0 aliphatic heterocycles. The van der Waals surface area contributed by atoms with Crippen LogP contribution in [0, 0.1) is 0 Å². The van der Waals surface area contributed by atoms with Crippen LogP contribution in [0.15, 0.2) is 48.5 Å². The lowest BCUT2D eigenvalue weighted by Gasteiger charge is -1.95. The Hall–Kier alpha value is -2.06. The fourth-order valence-corrected chi connectivity index (χ4v) is 2.03. The molecule has 1 N–H and O–H groups in total. The molecule has 18 heavy (non-hydrogen) atoms. The molecule has 1 heterocycles. The Bertz CT molecular complexity index is 680. The monoisotopic (exact) mass is 254 g/mol. The first-order valence-corrected chi connectivity index (χ1v) is 6.08. The molecule has 0 bridgehead atoms. The topological polar surface area (TPSA) is 28.7 Å². The van der Waals surface area contributed by atoms with Gasteiger partial charge in [0.25, 0.3) is 0 Å². The minimum absolute atomic E-state index is 0.741. The van der Waals surface area contributed by atoms with E-state index in [1.807, 2.05) is 60.7 Å². The fourth-order valence-electron chi connectivity index (χ4n) is 1.83. The van der Waals surface area contributed by atoms with Gasteiger partial charge in [-0.15, -0.1) is 0 Å². The predicted octanol–water partition coefficient (Wildman–Crippen LogP) is 4.39. The number of rotatable bonds is 2. The van der Waals surface area contributed by atoms with Crippen LogP contribution in [-0.2, 0) is 0 Å². The summed E-state index contributed by atoms with van der Waals surface area (Å²) >= 11 is 6.09. The molecular formula is C15H11ClN2. The number of H-pyrrole nitrogens is 1. The van der Waals surface area contributed by atoms with Crippen LogP contribution in [0.4, 0.5) is 0 Å². The molecule has 0 unspecified atom stereocenters. The van der Waals surface area contributed by atoms with Gasteiger partial charge in [-0.05, 0) is 35.9 Å². The number of halogens is 1. The molecule has 88 valence electrons. The summed E-state index contributed by atoms with van der Waals surface area (Å²) < 4.78 is 0. The van der Waals surface area contributed by atoms with Gasteiger partial charge in [-0.1, -0.05) is 41.9 Å². The first-order chi connectivity index (χ1) is 8.83. The van der Waals surface area contributed by atoms with Crippen molar-refractivity contribution in [1.82, 2.24) is 9.97 Å². The van der Waals surface area contributed by atoms with Gasteiger partial charge in [-0.3, -0.25) is 0 Å². The van der Waals surface area contributed by atoms with Gasteiger partial charge in [0.1, 0.15) is 5.82 Å². The summed E-state index contributed by atoms with van der Waals surface area (Å²) in [5.41, 5.74) is 2.99. The highest BCUT2D eigenvalue weighted by atomic mass is 35.5. The van der Waals surface area contributed by atoms with Gasteiger partial charge in [0.2, 0.25) is 0 Å². The zero-order valence-corrected chi connectivity index (χ0v) is 10.4. The molecule has 0 spiro atoms. The third-order valence-electron chi connectivity index (χ3n) is 2.73. The Balaban J connectivity index is 1.95. The molecule has 0 aliphatic carbocycles. The van der Waals surface area contributed by atoms with E-state index in [1.165, 1.54) is 0 Å². The van der Waals surface area contributed by atoms with Crippen molar-refractivity contribution < 1.29 is 0 Å². The van der Waals surface area contributed by atoms with Crippen molar-refractivity contribution in [2.75, 3.05) is 0 Å². The van der Waals surface area contributed by atoms with Crippen LogP contribution in [0.1, 0.15) is 11.4 Å². The van der Waals surface area contributed by atoms with Gasteiger partial charge in [-0.25, -0.2) is 4.98 Å². The summed E-state index contributed by atoms with van der Waals surface area (Å²) in [5.74, 6) is 0.830. The first kappa shape index (κ1) is 11.1. The van der Waals surface area contributed by atoms with E-state index >= 15 is 0 Å². The normalized spacial score (nSPS) is 11.4. The molecule has 2 nitrogen and oxygen atoms in total. The molecule has 1 aromatic heterocycles. The number of benzene rings is 2. The molecule has 3 rings (SSSR count). The average Bonchev–Trinajstić information content (AvgIpc) is 2.80. The maximum atomic E-state index is 6.09. The lowest BCUT2D eigenvalue weighted by atomic mass is 10.2. The van der Waals surface area contributed by atoms with Crippen molar-refractivity contribution in [2.45, 2.75) is 0 Å². The van der Waals surface area contributed by atoms with E-state index in [2.05, 4.69) is 9.97 Å². The van der Waals surface area contributed by atoms with E-state index in [1.54, 1.807) is 0 Å². The van der Waals surface area contributed by atoms with Gasteiger partial charge in [0.05, 0.1) is 11.0 Å². The standard InChI is InChI=1S/C15H11ClN2/c16-12-6-2-1-5-11(12)9-10-15-17-13-7-3-4-8-14(13)18-15/h1-10H,(H,17,18)/b10-9+. The summed E-state index contributed by atoms with van der Waals surface area (Å²) in [6, 6.07) is 15.7. The summed E-state index contributed by atoms with van der Waals surface area (Å²) in [5, 5.41) is 0.741. The number of nitrogens with zero attached hydrogens (tertiary/aromatic N) is 1. The van der Waals surface area contributed by atoms with Crippen molar-refractivity contribution in [1.29, 1.82) is 0 Å². The number of nitrogens with one attached hydrogen (secondary N) is 1. The highest BCUT2D eigenvalue weighted by Crippen LogP contribution is 2.18. The largest absolute Gasteiger partial charge is 0.338 e. The van der Waals surface area contributed by atoms with E-state index < -0.39 is 0 Å².